The lowest BCUT2D eigenvalue weighted by Crippen LogP contribution is -2.49. The molecule has 3 atom stereocenters. The molecule has 9 heteroatoms. The number of hydrogen-bond donors (Lipinski definition) is 1. The van der Waals surface area contributed by atoms with E-state index in [1.807, 2.05) is 12.1 Å². The van der Waals surface area contributed by atoms with E-state index < -0.39 is 12.1 Å². The molecule has 2 amide bonds. The fourth-order valence-electron chi connectivity index (χ4n) is 5.31. The summed E-state index contributed by atoms with van der Waals surface area (Å²) in [4.78, 5) is 25.6. The number of urea groups is 1. The van der Waals surface area contributed by atoms with Gasteiger partial charge in [0.1, 0.15) is 17.5 Å². The Morgan fingerprint density at radius 3 is 2.75 bits per heavy atom. The molecule has 2 aliphatic heterocycles. The Labute approximate surface area is 184 Å². The lowest BCUT2D eigenvalue weighted by Gasteiger charge is -2.43. The van der Waals surface area contributed by atoms with Crippen molar-refractivity contribution < 1.29 is 18.0 Å². The highest BCUT2D eigenvalue weighted by Crippen LogP contribution is 2.46. The predicted molar refractivity (Wildman–Crippen MR) is 116 cm³/mol. The molecule has 170 valence electrons. The average Bonchev–Trinajstić information content (AvgIpc) is 2.79. The molecule has 2 aromatic heterocycles. The van der Waals surface area contributed by atoms with E-state index in [0.717, 1.165) is 31.2 Å². The maximum Gasteiger partial charge on any atom is 0.393 e. The Morgan fingerprint density at radius 1 is 1.09 bits per heavy atom. The van der Waals surface area contributed by atoms with Crippen molar-refractivity contribution >= 4 is 23.5 Å². The Bertz CT molecular complexity index is 983. The summed E-state index contributed by atoms with van der Waals surface area (Å²) < 4.78 is 40.0. The minimum Gasteiger partial charge on any atom is -0.356 e. The first-order valence-electron chi connectivity index (χ1n) is 11.2. The highest BCUT2D eigenvalue weighted by atomic mass is 19.4. The summed E-state index contributed by atoms with van der Waals surface area (Å²) in [5, 5.41) is 2.86. The molecule has 0 radical (unpaired) electrons. The maximum atomic E-state index is 13.3. The van der Waals surface area contributed by atoms with E-state index in [9.17, 15) is 18.0 Å². The molecule has 2 fully saturated rings. The summed E-state index contributed by atoms with van der Waals surface area (Å²) >= 11 is 0. The Morgan fingerprint density at radius 2 is 1.97 bits per heavy atom. The molecule has 0 aromatic carbocycles. The van der Waals surface area contributed by atoms with Crippen LogP contribution < -0.4 is 15.1 Å². The van der Waals surface area contributed by atoms with Crippen LogP contribution in [0.2, 0.25) is 0 Å². The zero-order chi connectivity index (χ0) is 22.3. The van der Waals surface area contributed by atoms with Crippen molar-refractivity contribution in [1.82, 2.24) is 9.97 Å². The largest absolute Gasteiger partial charge is 0.393 e. The fourth-order valence-corrected chi connectivity index (χ4v) is 5.31. The SMILES string of the molecule is O=C(Nc1ccccn1)N1c2nc(N3CCCC(C(F)(F)F)C3)ccc2C2CCC[C@H]1C2. The van der Waals surface area contributed by atoms with Crippen LogP contribution in [0.25, 0.3) is 0 Å². The van der Waals surface area contributed by atoms with Crippen LogP contribution in [-0.2, 0) is 0 Å². The van der Waals surface area contributed by atoms with Gasteiger partial charge in [0.25, 0.3) is 0 Å². The van der Waals surface area contributed by atoms with Crippen molar-refractivity contribution in [1.29, 1.82) is 0 Å². The minimum absolute atomic E-state index is 0.0250. The number of halogens is 3. The summed E-state index contributed by atoms with van der Waals surface area (Å²) in [6, 6.07) is 8.81. The van der Waals surface area contributed by atoms with Gasteiger partial charge in [-0.3, -0.25) is 10.2 Å². The number of carbonyl (C=O) groups is 1. The second kappa shape index (κ2) is 8.26. The minimum atomic E-state index is -4.21. The molecule has 3 aliphatic rings. The smallest absolute Gasteiger partial charge is 0.356 e. The lowest BCUT2D eigenvalue weighted by molar-refractivity contribution is -0.176. The van der Waals surface area contributed by atoms with Gasteiger partial charge in [-0.1, -0.05) is 18.6 Å². The molecule has 2 aromatic rings. The number of aromatic nitrogens is 2. The third kappa shape index (κ3) is 4.00. The summed E-state index contributed by atoms with van der Waals surface area (Å²) in [6.45, 7) is 0.438. The summed E-state index contributed by atoms with van der Waals surface area (Å²) in [6.07, 6.45) is 1.86. The van der Waals surface area contributed by atoms with Crippen LogP contribution in [0.3, 0.4) is 0 Å². The van der Waals surface area contributed by atoms with E-state index in [0.29, 0.717) is 36.3 Å². The number of fused-ring (bicyclic) bond motifs is 4. The third-order valence-electron chi connectivity index (χ3n) is 6.90. The highest BCUT2D eigenvalue weighted by molar-refractivity contribution is 6.02. The molecule has 1 saturated heterocycles. The molecule has 6 nitrogen and oxygen atoms in total. The van der Waals surface area contributed by atoms with E-state index in [-0.39, 0.29) is 25.0 Å². The van der Waals surface area contributed by atoms with Gasteiger partial charge in [-0.15, -0.1) is 0 Å². The van der Waals surface area contributed by atoms with Gasteiger partial charge in [-0.2, -0.15) is 13.2 Å². The van der Waals surface area contributed by atoms with E-state index in [1.165, 1.54) is 0 Å². The van der Waals surface area contributed by atoms with E-state index in [2.05, 4.69) is 10.3 Å². The standard InChI is InChI=1S/C23H26F3N5O/c24-23(25,26)16-6-4-12-30(14-16)20-10-9-18-15-5-3-7-17(13-15)31(21(18)29-20)22(32)28-19-8-1-2-11-27-19/h1-2,8-11,15-17H,3-7,12-14H2,(H,27,28,32)/t15?,16?,17-/m0/s1. The first kappa shape index (κ1) is 21.0. The van der Waals surface area contributed by atoms with Gasteiger partial charge in [-0.25, -0.2) is 14.8 Å². The molecule has 1 aliphatic carbocycles. The zero-order valence-electron chi connectivity index (χ0n) is 17.7. The van der Waals surface area contributed by atoms with E-state index in [4.69, 9.17) is 4.98 Å². The van der Waals surface area contributed by atoms with Crippen LogP contribution in [0.15, 0.2) is 36.5 Å². The van der Waals surface area contributed by atoms with Crippen LogP contribution >= 0.6 is 0 Å². The van der Waals surface area contributed by atoms with Crippen LogP contribution in [0.1, 0.15) is 50.0 Å². The molecule has 0 spiro atoms. The number of nitrogens with zero attached hydrogens (tertiary/aromatic N) is 4. The van der Waals surface area contributed by atoms with Crippen molar-refractivity contribution in [3.8, 4) is 0 Å². The second-order valence-corrected chi connectivity index (χ2v) is 8.94. The van der Waals surface area contributed by atoms with E-state index >= 15 is 0 Å². The number of nitrogens with one attached hydrogen (secondary N) is 1. The molecule has 2 bridgehead atoms. The van der Waals surface area contributed by atoms with Gasteiger partial charge in [0.2, 0.25) is 0 Å². The van der Waals surface area contributed by atoms with Crippen LogP contribution in [-0.4, -0.2) is 41.3 Å². The molecule has 5 rings (SSSR count). The first-order valence-corrected chi connectivity index (χ1v) is 11.2. The summed E-state index contributed by atoms with van der Waals surface area (Å²) in [5.74, 6) is 0.516. The number of pyridine rings is 2. The predicted octanol–water partition coefficient (Wildman–Crippen LogP) is 5.33. The van der Waals surface area contributed by atoms with Crippen molar-refractivity contribution in [2.75, 3.05) is 28.2 Å². The first-order chi connectivity index (χ1) is 15.4. The second-order valence-electron chi connectivity index (χ2n) is 8.94. The number of amides is 2. The number of anilines is 3. The number of hydrogen-bond acceptors (Lipinski definition) is 4. The quantitative estimate of drug-likeness (QED) is 0.679. The summed E-state index contributed by atoms with van der Waals surface area (Å²) in [7, 11) is 0. The van der Waals surface area contributed by atoms with Gasteiger partial charge in [0.15, 0.2) is 0 Å². The normalized spacial score (nSPS) is 25.3. The lowest BCUT2D eigenvalue weighted by atomic mass is 9.77. The Kier molecular flexibility index (Phi) is 5.43. The molecule has 32 heavy (non-hydrogen) atoms. The van der Waals surface area contributed by atoms with Crippen LogP contribution in [0.5, 0.6) is 0 Å². The van der Waals surface area contributed by atoms with Gasteiger partial charge < -0.3 is 4.90 Å². The molecular weight excluding hydrogens is 419 g/mol. The molecule has 2 unspecified atom stereocenters. The molecule has 4 heterocycles. The number of alkyl halides is 3. The van der Waals surface area contributed by atoms with E-state index in [1.54, 1.807) is 34.2 Å². The third-order valence-corrected chi connectivity index (χ3v) is 6.90. The highest BCUT2D eigenvalue weighted by Gasteiger charge is 2.43. The summed E-state index contributed by atoms with van der Waals surface area (Å²) in [5.41, 5.74) is 1.00. The monoisotopic (exact) mass is 445 g/mol. The number of carbonyl (C=O) groups excluding carboxylic acids is 1. The molecule has 1 saturated carbocycles. The zero-order valence-corrected chi connectivity index (χ0v) is 17.7. The van der Waals surface area contributed by atoms with Crippen molar-refractivity contribution in [2.45, 2.75) is 56.7 Å². The van der Waals surface area contributed by atoms with Crippen molar-refractivity contribution in [3.05, 3.63) is 42.1 Å². The van der Waals surface area contributed by atoms with Gasteiger partial charge in [-0.05, 0) is 61.8 Å². The van der Waals surface area contributed by atoms with Gasteiger partial charge in [0.05, 0.1) is 5.92 Å². The topological polar surface area (TPSA) is 61.4 Å². The van der Waals surface area contributed by atoms with Crippen molar-refractivity contribution in [3.63, 3.8) is 0 Å². The van der Waals surface area contributed by atoms with Crippen LogP contribution in [0.4, 0.5) is 35.4 Å². The Hall–Kier alpha value is -2.84. The van der Waals surface area contributed by atoms with Gasteiger partial charge in [0, 0.05) is 25.3 Å². The maximum absolute atomic E-state index is 13.3. The Balaban J connectivity index is 1.47. The average molecular weight is 445 g/mol. The molecule has 1 N–H and O–H groups in total. The fraction of sp³-hybridized carbons (Fsp3) is 0.522. The van der Waals surface area contributed by atoms with Gasteiger partial charge >= 0.3 is 12.2 Å². The number of rotatable bonds is 2. The molecular formula is C23H26F3N5O. The van der Waals surface area contributed by atoms with Crippen molar-refractivity contribution in [2.24, 2.45) is 5.92 Å². The van der Waals surface area contributed by atoms with Crippen LogP contribution in [0, 0.1) is 5.92 Å². The number of piperidine rings is 1.